The van der Waals surface area contributed by atoms with Gasteiger partial charge in [0.25, 0.3) is 10.0 Å². The van der Waals surface area contributed by atoms with E-state index in [-0.39, 0.29) is 27.7 Å². The third-order valence-electron chi connectivity index (χ3n) is 4.84. The summed E-state index contributed by atoms with van der Waals surface area (Å²) >= 11 is 0.718. The maximum absolute atomic E-state index is 12.4. The second-order valence-electron chi connectivity index (χ2n) is 8.11. The van der Waals surface area contributed by atoms with Crippen molar-refractivity contribution in [1.82, 2.24) is 13.1 Å². The molecule has 0 fully saturated rings. The van der Waals surface area contributed by atoms with Crippen LogP contribution in [0.3, 0.4) is 0 Å². The largest absolute Gasteiger partial charge is 0.546 e. The summed E-state index contributed by atoms with van der Waals surface area (Å²) in [5.41, 5.74) is 1.40. The summed E-state index contributed by atoms with van der Waals surface area (Å²) in [5.74, 6) is 0.680. The van der Waals surface area contributed by atoms with Gasteiger partial charge in [0.15, 0.2) is 21.1 Å². The summed E-state index contributed by atoms with van der Waals surface area (Å²) in [7, 11) is -1.02. The van der Waals surface area contributed by atoms with E-state index in [0.717, 1.165) is 20.5 Å². The van der Waals surface area contributed by atoms with Crippen LogP contribution < -0.4 is 10.6 Å². The maximum Gasteiger partial charge on any atom is 0.255 e. The van der Waals surface area contributed by atoms with Crippen LogP contribution in [0.4, 0.5) is 17.3 Å². The Labute approximate surface area is 199 Å². The molecule has 13 heteroatoms. The number of nitrogens with zero attached hydrogens (tertiary/aromatic N) is 3. The van der Waals surface area contributed by atoms with Gasteiger partial charge in [-0.15, -0.1) is 22.7 Å². The molecule has 3 rings (SSSR count). The van der Waals surface area contributed by atoms with E-state index in [4.69, 9.17) is 0 Å². The molecule has 32 heavy (non-hydrogen) atoms. The number of aromatic nitrogens is 2. The molecular weight excluding hydrogens is 491 g/mol. The van der Waals surface area contributed by atoms with Gasteiger partial charge in [-0.25, -0.2) is 12.7 Å². The molecule has 0 aliphatic carbocycles. The lowest BCUT2D eigenvalue weighted by Crippen LogP contribution is -2.21. The summed E-state index contributed by atoms with van der Waals surface area (Å²) in [5, 5.41) is 20.3. The molecule has 3 aromatic rings. The minimum atomic E-state index is -3.80. The molecule has 176 valence electrons. The van der Waals surface area contributed by atoms with Crippen LogP contribution in [-0.4, -0.2) is 45.2 Å². The zero-order valence-corrected chi connectivity index (χ0v) is 21.9. The monoisotopic (exact) mass is 517 g/mol. The normalized spacial score (nSPS) is 13.9. The molecule has 0 radical (unpaired) electrons. The Hall–Kier alpha value is -1.77. The van der Waals surface area contributed by atoms with Crippen molar-refractivity contribution in [2.45, 2.75) is 43.9 Å². The first-order valence-electron chi connectivity index (χ1n) is 9.86. The first-order valence-corrected chi connectivity index (χ1v) is 14.1. The van der Waals surface area contributed by atoms with Crippen LogP contribution in [0.15, 0.2) is 21.0 Å². The first kappa shape index (κ1) is 24.9. The zero-order valence-electron chi connectivity index (χ0n) is 18.6. The van der Waals surface area contributed by atoms with Crippen LogP contribution in [0, 0.1) is 5.92 Å². The molecular formula is C19H27N5O4S4. The Morgan fingerprint density at radius 3 is 2.34 bits per heavy atom. The number of aromatic hydroxyl groups is 1. The minimum absolute atomic E-state index is 0.0888. The highest BCUT2D eigenvalue weighted by molar-refractivity contribution is 7.91. The van der Waals surface area contributed by atoms with E-state index in [1.54, 1.807) is 11.3 Å². The van der Waals surface area contributed by atoms with E-state index in [2.05, 4.69) is 58.5 Å². The van der Waals surface area contributed by atoms with Gasteiger partial charge in [0.2, 0.25) is 11.6 Å². The highest BCUT2D eigenvalue weighted by Crippen LogP contribution is 2.42. The van der Waals surface area contributed by atoms with Crippen molar-refractivity contribution in [1.29, 1.82) is 0 Å². The van der Waals surface area contributed by atoms with Crippen molar-refractivity contribution in [3.8, 4) is 5.75 Å². The van der Waals surface area contributed by atoms with Crippen LogP contribution in [0.25, 0.3) is 0 Å². The van der Waals surface area contributed by atoms with Crippen molar-refractivity contribution >= 4 is 61.2 Å². The molecule has 3 aromatic heterocycles. The van der Waals surface area contributed by atoms with Gasteiger partial charge in [0.1, 0.15) is 0 Å². The predicted octanol–water partition coefficient (Wildman–Crippen LogP) is 4.96. The Balaban J connectivity index is 1.90. The van der Waals surface area contributed by atoms with Crippen molar-refractivity contribution in [3.63, 3.8) is 0 Å². The molecule has 0 aromatic carbocycles. The molecule has 3 N–H and O–H groups in total. The molecule has 0 spiro atoms. The number of thiophene rings is 2. The van der Waals surface area contributed by atoms with Crippen LogP contribution in [0.2, 0.25) is 0 Å². The number of rotatable bonds is 9. The quantitative estimate of drug-likeness (QED) is 0.340. The SMILES string of the molecule is CC(C)c1csc([C@H](Nc2n[s+]([O-])nc2Nc2csc(S(=O)(=O)N(C)C)c2O)C(C)C)c1. The molecule has 0 aliphatic rings. The number of hydrogen-bond donors (Lipinski definition) is 3. The van der Waals surface area contributed by atoms with Gasteiger partial charge in [-0.05, 0) is 28.8 Å². The topological polar surface area (TPSA) is 131 Å². The van der Waals surface area contributed by atoms with Crippen LogP contribution in [0.5, 0.6) is 5.75 Å². The van der Waals surface area contributed by atoms with Gasteiger partial charge in [-0.3, -0.25) is 0 Å². The van der Waals surface area contributed by atoms with Crippen LogP contribution >= 0.6 is 33.8 Å². The summed E-state index contributed by atoms with van der Waals surface area (Å²) in [6.07, 6.45) is 0. The molecule has 3 heterocycles. The van der Waals surface area contributed by atoms with Gasteiger partial charge in [-0.1, -0.05) is 27.7 Å². The van der Waals surface area contributed by atoms with Gasteiger partial charge < -0.3 is 20.3 Å². The van der Waals surface area contributed by atoms with E-state index in [0.29, 0.717) is 11.7 Å². The van der Waals surface area contributed by atoms with Crippen molar-refractivity contribution in [3.05, 3.63) is 27.3 Å². The molecule has 2 atom stereocenters. The standard InChI is InChI=1S/C19H27N5O4S4/c1-10(2)12-7-14(29-8-12)15(11(3)4)21-18-17(22-31(26)23-18)20-13-9-30-19(16(13)25)32(27,28)24(5)6/h7-11,15,25H,1-6H3,(H,20,22)(H,21,23)/t15-,31?/m1/s1. The van der Waals surface area contributed by atoms with Crippen LogP contribution in [0.1, 0.15) is 50.1 Å². The second kappa shape index (κ2) is 9.61. The second-order valence-corrected chi connectivity index (χ2v) is 13.1. The molecule has 1 unspecified atom stereocenters. The summed E-state index contributed by atoms with van der Waals surface area (Å²) < 4.78 is 45.8. The lowest BCUT2D eigenvalue weighted by Gasteiger charge is -2.21. The Bertz CT molecular complexity index is 1180. The molecule has 0 saturated carbocycles. The van der Waals surface area contributed by atoms with Gasteiger partial charge >= 0.3 is 0 Å². The third kappa shape index (κ3) is 5.07. The number of sulfonamides is 1. The van der Waals surface area contributed by atoms with E-state index in [9.17, 15) is 18.1 Å². The average Bonchev–Trinajstić information content (AvgIpc) is 3.39. The Kier molecular flexibility index (Phi) is 7.47. The van der Waals surface area contributed by atoms with Gasteiger partial charge in [0.05, 0.1) is 11.7 Å². The predicted molar refractivity (Wildman–Crippen MR) is 130 cm³/mol. The Morgan fingerprint density at radius 2 is 1.78 bits per heavy atom. The summed E-state index contributed by atoms with van der Waals surface area (Å²) in [6, 6.07) is 2.07. The highest BCUT2D eigenvalue weighted by atomic mass is 32.2. The number of anilines is 3. The molecule has 0 amide bonds. The van der Waals surface area contributed by atoms with Crippen molar-refractivity contribution in [2.75, 3.05) is 24.7 Å². The molecule has 0 aliphatic heterocycles. The van der Waals surface area contributed by atoms with Gasteiger partial charge in [-0.2, -0.15) is 0 Å². The van der Waals surface area contributed by atoms with E-state index in [1.807, 2.05) is 0 Å². The fourth-order valence-corrected chi connectivity index (χ4v) is 7.19. The fraction of sp³-hybridized carbons (Fsp3) is 0.474. The average molecular weight is 518 g/mol. The van der Waals surface area contributed by atoms with E-state index < -0.39 is 26.9 Å². The number of hydrogen-bond acceptors (Lipinski definition) is 10. The summed E-state index contributed by atoms with van der Waals surface area (Å²) in [6.45, 7) is 8.43. The smallest absolute Gasteiger partial charge is 0.255 e. The van der Waals surface area contributed by atoms with E-state index in [1.165, 1.54) is 25.0 Å². The zero-order chi connectivity index (χ0) is 23.8. The van der Waals surface area contributed by atoms with Crippen molar-refractivity contribution < 1.29 is 18.1 Å². The van der Waals surface area contributed by atoms with Gasteiger partial charge in [0, 0.05) is 33.1 Å². The maximum atomic E-state index is 12.4. The first-order chi connectivity index (χ1) is 14.9. The number of nitrogens with one attached hydrogen (secondary N) is 2. The fourth-order valence-electron chi connectivity index (χ4n) is 2.89. The van der Waals surface area contributed by atoms with Crippen molar-refractivity contribution in [2.24, 2.45) is 5.92 Å². The highest BCUT2D eigenvalue weighted by Gasteiger charge is 2.28. The molecule has 0 bridgehead atoms. The lowest BCUT2D eigenvalue weighted by molar-refractivity contribution is 0.460. The Morgan fingerprint density at radius 1 is 1.12 bits per heavy atom. The third-order valence-corrected chi connectivity index (χ3v) is 9.85. The molecule has 9 nitrogen and oxygen atoms in total. The van der Waals surface area contributed by atoms with E-state index >= 15 is 0 Å². The lowest BCUT2D eigenvalue weighted by atomic mass is 10.00. The summed E-state index contributed by atoms with van der Waals surface area (Å²) in [4.78, 5) is 1.13. The molecule has 0 saturated heterocycles. The minimum Gasteiger partial charge on any atom is -0.546 e. The van der Waals surface area contributed by atoms with Crippen LogP contribution in [-0.2, 0) is 10.0 Å².